The summed E-state index contributed by atoms with van der Waals surface area (Å²) in [6.07, 6.45) is 10.7. The summed E-state index contributed by atoms with van der Waals surface area (Å²) >= 11 is 0. The lowest BCUT2D eigenvalue weighted by molar-refractivity contribution is 0.724. The SMILES string of the molecule is c1ccc(-c2ccccc2N(c2ccc(-c3ccc(-c4ccc(-n5c6ccc(C7CCCC7)cc6c6cc(C7CCCC7)ccc65)cc4)cc3)cc2)c2ccc3c(c2)C2(c4ccccc4-c4ccccc42)c2ccccc2-3)cc1. The third kappa shape index (κ3) is 7.30. The average Bonchev–Trinajstić information content (AvgIpc) is 2.78. The van der Waals surface area contributed by atoms with Gasteiger partial charge in [0.1, 0.15) is 0 Å². The van der Waals surface area contributed by atoms with E-state index in [0.717, 1.165) is 17.1 Å². The molecular formula is C77H60N2. The van der Waals surface area contributed by atoms with Crippen LogP contribution in [0.25, 0.3) is 83.1 Å². The Labute approximate surface area is 463 Å². The molecule has 4 aliphatic carbocycles. The van der Waals surface area contributed by atoms with Crippen molar-refractivity contribution >= 4 is 38.9 Å². The van der Waals surface area contributed by atoms with Gasteiger partial charge < -0.3 is 9.47 Å². The van der Waals surface area contributed by atoms with Crippen LogP contribution in [0.2, 0.25) is 0 Å². The first-order chi connectivity index (χ1) is 39.2. The third-order valence-corrected chi connectivity index (χ3v) is 18.7. The second-order valence-electron chi connectivity index (χ2n) is 22.9. The molecule has 2 saturated carbocycles. The molecule has 1 spiro atoms. The lowest BCUT2D eigenvalue weighted by Gasteiger charge is -2.32. The normalized spacial score (nSPS) is 15.2. The number of aromatic nitrogens is 1. The first-order valence-electron chi connectivity index (χ1n) is 29.0. The van der Waals surface area contributed by atoms with Gasteiger partial charge in [0, 0.05) is 33.4 Å². The molecule has 11 aromatic carbocycles. The van der Waals surface area contributed by atoms with Crippen molar-refractivity contribution < 1.29 is 0 Å². The van der Waals surface area contributed by atoms with Crippen molar-refractivity contribution in [3.8, 4) is 61.3 Å². The minimum absolute atomic E-state index is 0.443. The van der Waals surface area contributed by atoms with E-state index in [1.54, 1.807) is 0 Å². The van der Waals surface area contributed by atoms with E-state index in [2.05, 4.69) is 264 Å². The molecule has 0 bridgehead atoms. The Morgan fingerprint density at radius 1 is 0.316 bits per heavy atom. The predicted molar refractivity (Wildman–Crippen MR) is 330 cm³/mol. The Kier molecular flexibility index (Phi) is 10.9. The fraction of sp³-hybridized carbons (Fsp3) is 0.143. The van der Waals surface area contributed by atoms with Crippen LogP contribution in [0, 0.1) is 0 Å². The summed E-state index contributed by atoms with van der Waals surface area (Å²) in [4.78, 5) is 2.48. The van der Waals surface area contributed by atoms with Crippen LogP contribution in [0.15, 0.2) is 255 Å². The molecule has 0 aliphatic heterocycles. The monoisotopic (exact) mass is 1010 g/mol. The number of benzene rings is 11. The highest BCUT2D eigenvalue weighted by atomic mass is 15.1. The van der Waals surface area contributed by atoms with Crippen molar-refractivity contribution in [2.24, 2.45) is 0 Å². The first kappa shape index (κ1) is 46.1. The molecule has 16 rings (SSSR count). The maximum absolute atomic E-state index is 2.55. The Bertz CT molecular complexity index is 4160. The van der Waals surface area contributed by atoms with E-state index < -0.39 is 5.41 Å². The summed E-state index contributed by atoms with van der Waals surface area (Å²) in [5.74, 6) is 1.38. The first-order valence-corrected chi connectivity index (χ1v) is 29.0. The smallest absolute Gasteiger partial charge is 0.0726 e. The van der Waals surface area contributed by atoms with Gasteiger partial charge in [0.2, 0.25) is 0 Å². The molecule has 0 unspecified atom stereocenters. The summed E-state index contributed by atoms with van der Waals surface area (Å²) in [5, 5.41) is 2.81. The fourth-order valence-electron chi connectivity index (χ4n) is 15.0. The molecule has 378 valence electrons. The van der Waals surface area contributed by atoms with Crippen LogP contribution in [0.4, 0.5) is 17.1 Å². The number of fused-ring (bicyclic) bond motifs is 13. The van der Waals surface area contributed by atoms with Crippen LogP contribution in [-0.4, -0.2) is 4.57 Å². The van der Waals surface area contributed by atoms with Crippen molar-refractivity contribution in [1.82, 2.24) is 4.57 Å². The molecular weight excluding hydrogens is 953 g/mol. The molecule has 0 saturated heterocycles. The second kappa shape index (κ2) is 18.6. The topological polar surface area (TPSA) is 8.17 Å². The molecule has 2 heteroatoms. The van der Waals surface area contributed by atoms with E-state index in [1.807, 2.05) is 0 Å². The van der Waals surface area contributed by atoms with E-state index >= 15 is 0 Å². The summed E-state index contributed by atoms with van der Waals surface area (Å²) < 4.78 is 2.51. The molecule has 2 fully saturated rings. The highest BCUT2D eigenvalue weighted by Crippen LogP contribution is 2.63. The minimum atomic E-state index is -0.443. The Morgan fingerprint density at radius 3 is 1.25 bits per heavy atom. The predicted octanol–water partition coefficient (Wildman–Crippen LogP) is 20.9. The number of anilines is 3. The summed E-state index contributed by atoms with van der Waals surface area (Å²) in [7, 11) is 0. The van der Waals surface area contributed by atoms with E-state index in [-0.39, 0.29) is 0 Å². The van der Waals surface area contributed by atoms with Crippen LogP contribution in [0.3, 0.4) is 0 Å². The summed E-state index contributed by atoms with van der Waals surface area (Å²) in [5.41, 5.74) is 27.6. The minimum Gasteiger partial charge on any atom is -0.310 e. The number of rotatable bonds is 9. The maximum Gasteiger partial charge on any atom is 0.0726 e. The second-order valence-corrected chi connectivity index (χ2v) is 22.9. The van der Waals surface area contributed by atoms with Crippen LogP contribution in [-0.2, 0) is 5.41 Å². The molecule has 12 aromatic rings. The van der Waals surface area contributed by atoms with E-state index in [4.69, 9.17) is 0 Å². The summed E-state index contributed by atoms with van der Waals surface area (Å²) in [6, 6.07) is 96.5. The van der Waals surface area contributed by atoms with Gasteiger partial charge in [0.15, 0.2) is 0 Å². The van der Waals surface area contributed by atoms with Gasteiger partial charge in [-0.25, -0.2) is 0 Å². The van der Waals surface area contributed by atoms with Gasteiger partial charge in [-0.1, -0.05) is 214 Å². The quantitative estimate of drug-likeness (QED) is 0.140. The number of hydrogen-bond donors (Lipinski definition) is 0. The summed E-state index contributed by atoms with van der Waals surface area (Å²) in [6.45, 7) is 0. The lowest BCUT2D eigenvalue weighted by Crippen LogP contribution is -2.26. The molecule has 1 aromatic heterocycles. The van der Waals surface area contributed by atoms with Crippen LogP contribution < -0.4 is 4.90 Å². The highest BCUT2D eigenvalue weighted by Gasteiger charge is 2.51. The highest BCUT2D eigenvalue weighted by molar-refractivity contribution is 6.10. The molecule has 0 amide bonds. The molecule has 4 aliphatic rings. The van der Waals surface area contributed by atoms with Gasteiger partial charge >= 0.3 is 0 Å². The van der Waals surface area contributed by atoms with Crippen molar-refractivity contribution in [1.29, 1.82) is 0 Å². The zero-order chi connectivity index (χ0) is 52.0. The zero-order valence-electron chi connectivity index (χ0n) is 44.5. The molecule has 0 atom stereocenters. The molecule has 0 radical (unpaired) electrons. The number of nitrogens with zero attached hydrogens (tertiary/aromatic N) is 2. The van der Waals surface area contributed by atoms with Crippen molar-refractivity contribution in [3.05, 3.63) is 288 Å². The van der Waals surface area contributed by atoms with Gasteiger partial charge in [-0.05, 0) is 188 Å². The van der Waals surface area contributed by atoms with Gasteiger partial charge in [-0.15, -0.1) is 0 Å². The molecule has 79 heavy (non-hydrogen) atoms. The van der Waals surface area contributed by atoms with Crippen LogP contribution in [0.5, 0.6) is 0 Å². The van der Waals surface area contributed by atoms with Gasteiger partial charge in [0.25, 0.3) is 0 Å². The van der Waals surface area contributed by atoms with Crippen molar-refractivity contribution in [3.63, 3.8) is 0 Å². The van der Waals surface area contributed by atoms with Gasteiger partial charge in [0.05, 0.1) is 22.1 Å². The van der Waals surface area contributed by atoms with Gasteiger partial charge in [-0.2, -0.15) is 0 Å². The maximum atomic E-state index is 2.55. The standard InChI is InChI=1S/C77H60N2/c1-2-20-57(21-3-1)63-22-11-15-29-74(63)78(62-44-45-67-66-25-10-14-28-72(66)77(73(67)50-62)70-26-12-8-23-64(70)65-24-9-13-27-71(65)77)60-40-34-55(35-41-60)53-30-32-54(33-31-53)56-36-42-61(43-37-56)79-75-46-38-58(51-16-4-5-17-51)48-68(75)69-49-59(39-47-76(69)79)52-18-6-7-19-52/h1-3,8-15,20-52H,4-7,16-19H2. The Morgan fingerprint density at radius 2 is 0.734 bits per heavy atom. The van der Waals surface area contributed by atoms with Crippen molar-refractivity contribution in [2.75, 3.05) is 4.90 Å². The zero-order valence-corrected chi connectivity index (χ0v) is 44.5. The Hall–Kier alpha value is -8.98. The van der Waals surface area contributed by atoms with E-state index in [1.165, 1.54) is 168 Å². The largest absolute Gasteiger partial charge is 0.310 e. The van der Waals surface area contributed by atoms with E-state index in [9.17, 15) is 0 Å². The van der Waals surface area contributed by atoms with Gasteiger partial charge in [-0.3, -0.25) is 0 Å². The number of para-hydroxylation sites is 1. The third-order valence-electron chi connectivity index (χ3n) is 18.7. The molecule has 2 nitrogen and oxygen atoms in total. The lowest BCUT2D eigenvalue weighted by atomic mass is 9.70. The fourth-order valence-corrected chi connectivity index (χ4v) is 15.0. The Balaban J connectivity index is 0.748. The number of hydrogen-bond acceptors (Lipinski definition) is 1. The van der Waals surface area contributed by atoms with E-state index in [0.29, 0.717) is 11.8 Å². The molecule has 0 N–H and O–H groups in total. The molecule has 1 heterocycles. The average molecular weight is 1010 g/mol. The van der Waals surface area contributed by atoms with Crippen molar-refractivity contribution in [2.45, 2.75) is 68.6 Å². The van der Waals surface area contributed by atoms with Crippen LogP contribution >= 0.6 is 0 Å². The van der Waals surface area contributed by atoms with Crippen LogP contribution in [0.1, 0.15) is 96.6 Å².